The number of anilines is 1. The highest BCUT2D eigenvalue weighted by Gasteiger charge is 2.10. The van der Waals surface area contributed by atoms with E-state index in [-0.39, 0.29) is 0 Å². The molecule has 1 aromatic carbocycles. The summed E-state index contributed by atoms with van der Waals surface area (Å²) in [7, 11) is 1.78. The SMILES string of the molecule is CNc1nccc(-c2cccnc2Oc2ccc(I)cc2)n1. The second kappa shape index (κ2) is 6.69. The fourth-order valence-corrected chi connectivity index (χ4v) is 2.27. The summed E-state index contributed by atoms with van der Waals surface area (Å²) in [5, 5.41) is 2.93. The lowest BCUT2D eigenvalue weighted by atomic mass is 10.2. The van der Waals surface area contributed by atoms with Crippen LogP contribution >= 0.6 is 22.6 Å². The fraction of sp³-hybridized carbons (Fsp3) is 0.0625. The second-order valence-corrected chi connectivity index (χ2v) is 5.67. The molecule has 0 atom stereocenters. The van der Waals surface area contributed by atoms with E-state index in [1.165, 1.54) is 0 Å². The maximum absolute atomic E-state index is 5.90. The Morgan fingerprint density at radius 3 is 2.59 bits per heavy atom. The third-order valence-electron chi connectivity index (χ3n) is 2.95. The molecule has 0 amide bonds. The van der Waals surface area contributed by atoms with Crippen LogP contribution in [-0.4, -0.2) is 22.0 Å². The molecule has 0 radical (unpaired) electrons. The molecule has 22 heavy (non-hydrogen) atoms. The van der Waals surface area contributed by atoms with Crippen molar-refractivity contribution in [2.24, 2.45) is 0 Å². The van der Waals surface area contributed by atoms with Crippen LogP contribution in [0, 0.1) is 3.57 Å². The monoisotopic (exact) mass is 404 g/mol. The van der Waals surface area contributed by atoms with Crippen molar-refractivity contribution in [2.75, 3.05) is 12.4 Å². The predicted octanol–water partition coefficient (Wildman–Crippen LogP) is 3.98. The number of hydrogen-bond donors (Lipinski definition) is 1. The minimum absolute atomic E-state index is 0.518. The third-order valence-corrected chi connectivity index (χ3v) is 3.67. The number of rotatable bonds is 4. The van der Waals surface area contributed by atoms with E-state index in [2.05, 4.69) is 42.9 Å². The maximum atomic E-state index is 5.90. The zero-order valence-corrected chi connectivity index (χ0v) is 14.0. The maximum Gasteiger partial charge on any atom is 0.228 e. The number of aromatic nitrogens is 3. The molecule has 2 heterocycles. The summed E-state index contributed by atoms with van der Waals surface area (Å²) in [6, 6.07) is 13.4. The molecule has 0 spiro atoms. The molecule has 110 valence electrons. The standard InChI is InChI=1S/C16H13IN4O/c1-18-16-20-10-8-14(21-16)13-3-2-9-19-15(13)22-12-6-4-11(17)5-7-12/h2-10H,1H3,(H,18,20,21). The van der Waals surface area contributed by atoms with Gasteiger partial charge >= 0.3 is 0 Å². The molecule has 0 aliphatic carbocycles. The number of ether oxygens (including phenoxy) is 1. The van der Waals surface area contributed by atoms with Gasteiger partial charge in [0, 0.05) is 23.0 Å². The first-order chi connectivity index (χ1) is 10.8. The summed E-state index contributed by atoms with van der Waals surface area (Å²) in [4.78, 5) is 12.9. The van der Waals surface area contributed by atoms with Crippen LogP contribution in [-0.2, 0) is 0 Å². The molecule has 0 bridgehead atoms. The number of halogens is 1. The van der Waals surface area contributed by atoms with Gasteiger partial charge in [-0.05, 0) is 65.1 Å². The summed E-state index contributed by atoms with van der Waals surface area (Å²) in [6.45, 7) is 0. The first-order valence-electron chi connectivity index (χ1n) is 6.66. The van der Waals surface area contributed by atoms with Crippen LogP contribution in [0.2, 0.25) is 0 Å². The van der Waals surface area contributed by atoms with Crippen molar-refractivity contribution in [3.8, 4) is 22.9 Å². The Kier molecular flexibility index (Phi) is 4.47. The molecule has 0 saturated carbocycles. The molecule has 0 aliphatic rings. The molecule has 2 aromatic heterocycles. The van der Waals surface area contributed by atoms with Gasteiger partial charge < -0.3 is 10.1 Å². The number of pyridine rings is 1. The van der Waals surface area contributed by atoms with Gasteiger partial charge in [0.2, 0.25) is 11.8 Å². The van der Waals surface area contributed by atoms with E-state index in [0.717, 1.165) is 20.6 Å². The van der Waals surface area contributed by atoms with Crippen LogP contribution in [0.4, 0.5) is 5.95 Å². The van der Waals surface area contributed by atoms with E-state index in [1.807, 2.05) is 42.5 Å². The summed E-state index contributed by atoms with van der Waals surface area (Å²) in [6.07, 6.45) is 3.40. The Labute approximate surface area is 141 Å². The Balaban J connectivity index is 1.97. The van der Waals surface area contributed by atoms with Gasteiger partial charge in [-0.2, -0.15) is 0 Å². The number of benzene rings is 1. The first kappa shape index (κ1) is 14.7. The Hall–Kier alpha value is -2.22. The van der Waals surface area contributed by atoms with Gasteiger partial charge in [0.05, 0.1) is 11.3 Å². The van der Waals surface area contributed by atoms with Crippen molar-refractivity contribution in [3.63, 3.8) is 0 Å². The van der Waals surface area contributed by atoms with Gasteiger partial charge in [-0.3, -0.25) is 0 Å². The second-order valence-electron chi connectivity index (χ2n) is 4.43. The zero-order valence-electron chi connectivity index (χ0n) is 11.8. The van der Waals surface area contributed by atoms with Crippen LogP contribution in [0.5, 0.6) is 11.6 Å². The fourth-order valence-electron chi connectivity index (χ4n) is 1.91. The van der Waals surface area contributed by atoms with Gasteiger partial charge in [-0.1, -0.05) is 0 Å². The topological polar surface area (TPSA) is 59.9 Å². The summed E-state index contributed by atoms with van der Waals surface area (Å²) in [5.41, 5.74) is 1.58. The minimum atomic E-state index is 0.518. The van der Waals surface area contributed by atoms with Gasteiger partial charge in [0.15, 0.2) is 0 Å². The molecular weight excluding hydrogens is 391 g/mol. The summed E-state index contributed by atoms with van der Waals surface area (Å²) in [5.74, 6) is 1.81. The summed E-state index contributed by atoms with van der Waals surface area (Å²) < 4.78 is 7.05. The molecular formula is C16H13IN4O. The Bertz CT molecular complexity index is 777. The van der Waals surface area contributed by atoms with Crippen molar-refractivity contribution in [1.29, 1.82) is 0 Å². The highest BCUT2D eigenvalue weighted by molar-refractivity contribution is 14.1. The molecule has 6 heteroatoms. The van der Waals surface area contributed by atoms with Crippen LogP contribution in [0.25, 0.3) is 11.3 Å². The van der Waals surface area contributed by atoms with Crippen molar-refractivity contribution >= 4 is 28.5 Å². The molecule has 3 aromatic rings. The van der Waals surface area contributed by atoms with Gasteiger partial charge in [0.1, 0.15) is 5.75 Å². The van der Waals surface area contributed by atoms with Crippen molar-refractivity contribution < 1.29 is 4.74 Å². The predicted molar refractivity (Wildman–Crippen MR) is 94.0 cm³/mol. The average Bonchev–Trinajstić information content (AvgIpc) is 2.57. The Morgan fingerprint density at radius 2 is 1.82 bits per heavy atom. The van der Waals surface area contributed by atoms with E-state index in [1.54, 1.807) is 19.4 Å². The highest BCUT2D eigenvalue weighted by Crippen LogP contribution is 2.30. The Morgan fingerprint density at radius 1 is 1.00 bits per heavy atom. The molecule has 0 unspecified atom stereocenters. The lowest BCUT2D eigenvalue weighted by Gasteiger charge is -2.10. The van der Waals surface area contributed by atoms with E-state index < -0.39 is 0 Å². The number of nitrogens with one attached hydrogen (secondary N) is 1. The lowest BCUT2D eigenvalue weighted by Crippen LogP contribution is -1.98. The normalized spacial score (nSPS) is 10.3. The smallest absolute Gasteiger partial charge is 0.228 e. The van der Waals surface area contributed by atoms with Gasteiger partial charge in [0.25, 0.3) is 0 Å². The largest absolute Gasteiger partial charge is 0.438 e. The van der Waals surface area contributed by atoms with Crippen molar-refractivity contribution in [2.45, 2.75) is 0 Å². The molecule has 1 N–H and O–H groups in total. The lowest BCUT2D eigenvalue weighted by molar-refractivity contribution is 0.464. The zero-order chi connectivity index (χ0) is 15.4. The van der Waals surface area contributed by atoms with E-state index in [9.17, 15) is 0 Å². The van der Waals surface area contributed by atoms with Gasteiger partial charge in [-0.15, -0.1) is 0 Å². The molecule has 0 aliphatic heterocycles. The number of nitrogens with zero attached hydrogens (tertiary/aromatic N) is 3. The molecule has 0 saturated heterocycles. The summed E-state index contributed by atoms with van der Waals surface area (Å²) >= 11 is 2.26. The molecule has 3 rings (SSSR count). The van der Waals surface area contributed by atoms with E-state index in [4.69, 9.17) is 4.74 Å². The first-order valence-corrected chi connectivity index (χ1v) is 7.74. The van der Waals surface area contributed by atoms with E-state index >= 15 is 0 Å². The van der Waals surface area contributed by atoms with Crippen molar-refractivity contribution in [3.05, 3.63) is 58.4 Å². The van der Waals surface area contributed by atoms with Gasteiger partial charge in [-0.25, -0.2) is 15.0 Å². The molecule has 0 fully saturated rings. The highest BCUT2D eigenvalue weighted by atomic mass is 127. The van der Waals surface area contributed by atoms with Crippen molar-refractivity contribution in [1.82, 2.24) is 15.0 Å². The van der Waals surface area contributed by atoms with Crippen LogP contribution in [0.15, 0.2) is 54.9 Å². The van der Waals surface area contributed by atoms with Crippen LogP contribution < -0.4 is 10.1 Å². The van der Waals surface area contributed by atoms with Crippen LogP contribution in [0.3, 0.4) is 0 Å². The molecule has 5 nitrogen and oxygen atoms in total. The van der Waals surface area contributed by atoms with Crippen LogP contribution in [0.1, 0.15) is 0 Å². The average molecular weight is 404 g/mol. The third kappa shape index (κ3) is 3.33. The van der Waals surface area contributed by atoms with E-state index in [0.29, 0.717) is 11.8 Å². The quantitative estimate of drug-likeness (QED) is 0.667. The minimum Gasteiger partial charge on any atom is -0.438 e. The number of hydrogen-bond acceptors (Lipinski definition) is 5.